The molecule has 1 heterocycles. The maximum absolute atomic E-state index is 12.1. The Morgan fingerprint density at radius 1 is 1.33 bits per heavy atom. The number of methoxy groups -OCH3 is 1. The van der Waals surface area contributed by atoms with Gasteiger partial charge in [-0.1, -0.05) is 43.4 Å². The number of ether oxygens (including phenoxy) is 1. The molecular formula is C15H26N4O3S2. The normalized spacial score (nSPS) is 13.9. The molecule has 2 N–H and O–H groups in total. The van der Waals surface area contributed by atoms with Gasteiger partial charge in [0.25, 0.3) is 0 Å². The van der Waals surface area contributed by atoms with Crippen LogP contribution in [-0.2, 0) is 14.3 Å². The minimum atomic E-state index is -0.624. The number of hydrogen-bond donors (Lipinski definition) is 2. The number of carbonyl (C=O) groups is 2. The van der Waals surface area contributed by atoms with Gasteiger partial charge in [-0.15, -0.1) is 10.2 Å². The fraction of sp³-hybridized carbons (Fsp3) is 0.733. The highest BCUT2D eigenvalue weighted by molar-refractivity contribution is 8.01. The second-order valence-electron chi connectivity index (χ2n) is 6.49. The van der Waals surface area contributed by atoms with Crippen LogP contribution in [0.15, 0.2) is 4.34 Å². The Bertz CT molecular complexity index is 557. The Balaban J connectivity index is 2.54. The molecule has 2 atom stereocenters. The highest BCUT2D eigenvalue weighted by atomic mass is 32.2. The molecule has 1 amide bonds. The summed E-state index contributed by atoms with van der Waals surface area (Å²) in [5, 5.41) is 14.8. The summed E-state index contributed by atoms with van der Waals surface area (Å²) in [5.74, 6) is -0.462. The number of anilines is 1. The average molecular weight is 375 g/mol. The van der Waals surface area contributed by atoms with E-state index in [9.17, 15) is 9.59 Å². The van der Waals surface area contributed by atoms with Gasteiger partial charge < -0.3 is 15.4 Å². The second kappa shape index (κ2) is 9.22. The van der Waals surface area contributed by atoms with E-state index in [1.54, 1.807) is 0 Å². The molecule has 1 rings (SSSR count). The van der Waals surface area contributed by atoms with Gasteiger partial charge in [0.15, 0.2) is 4.34 Å². The molecule has 136 valence electrons. The van der Waals surface area contributed by atoms with Crippen molar-refractivity contribution in [2.24, 2.45) is 5.92 Å². The highest BCUT2D eigenvalue weighted by Crippen LogP contribution is 2.27. The molecule has 0 aliphatic rings. The van der Waals surface area contributed by atoms with Crippen molar-refractivity contribution < 1.29 is 14.3 Å². The minimum Gasteiger partial charge on any atom is -0.467 e. The Kier molecular flexibility index (Phi) is 7.95. The number of carbonyl (C=O) groups excluding carboxylic acids is 2. The summed E-state index contributed by atoms with van der Waals surface area (Å²) >= 11 is 2.70. The van der Waals surface area contributed by atoms with Crippen LogP contribution in [0.1, 0.15) is 41.0 Å². The summed E-state index contributed by atoms with van der Waals surface area (Å²) in [6, 6.07) is -0.624. The zero-order valence-electron chi connectivity index (χ0n) is 15.0. The van der Waals surface area contributed by atoms with Crippen LogP contribution < -0.4 is 10.6 Å². The number of nitrogens with one attached hydrogen (secondary N) is 2. The third-order valence-electron chi connectivity index (χ3n) is 3.20. The first kappa shape index (κ1) is 20.7. The van der Waals surface area contributed by atoms with Gasteiger partial charge >= 0.3 is 5.97 Å². The number of nitrogens with zero attached hydrogens (tertiary/aromatic N) is 2. The first-order chi connectivity index (χ1) is 11.2. The maximum Gasteiger partial charge on any atom is 0.328 e. The van der Waals surface area contributed by atoms with E-state index in [0.29, 0.717) is 4.34 Å². The fourth-order valence-corrected chi connectivity index (χ4v) is 3.55. The van der Waals surface area contributed by atoms with E-state index in [4.69, 9.17) is 4.74 Å². The van der Waals surface area contributed by atoms with E-state index >= 15 is 0 Å². The first-order valence-corrected chi connectivity index (χ1v) is 9.58. The molecule has 0 saturated heterocycles. The zero-order valence-corrected chi connectivity index (χ0v) is 16.6. The van der Waals surface area contributed by atoms with Crippen molar-refractivity contribution in [2.45, 2.75) is 57.0 Å². The van der Waals surface area contributed by atoms with Crippen molar-refractivity contribution in [1.82, 2.24) is 15.5 Å². The van der Waals surface area contributed by atoms with Crippen molar-refractivity contribution in [3.63, 3.8) is 0 Å². The number of amides is 1. The molecule has 0 aliphatic carbocycles. The van der Waals surface area contributed by atoms with Crippen molar-refractivity contribution in [1.29, 1.82) is 0 Å². The Labute approximate surface area is 151 Å². The molecule has 24 heavy (non-hydrogen) atoms. The Hall–Kier alpha value is -1.35. The van der Waals surface area contributed by atoms with E-state index in [0.717, 1.165) is 11.6 Å². The van der Waals surface area contributed by atoms with Crippen molar-refractivity contribution in [3.8, 4) is 0 Å². The minimum absolute atomic E-state index is 0.00974. The van der Waals surface area contributed by atoms with Crippen LogP contribution in [0.3, 0.4) is 0 Å². The number of thioether (sulfide) groups is 1. The first-order valence-electron chi connectivity index (χ1n) is 7.78. The van der Waals surface area contributed by atoms with Gasteiger partial charge in [-0.3, -0.25) is 4.79 Å². The summed E-state index contributed by atoms with van der Waals surface area (Å²) < 4.78 is 5.46. The lowest BCUT2D eigenvalue weighted by Crippen LogP contribution is -2.46. The molecule has 0 radical (unpaired) electrons. The maximum atomic E-state index is 12.1. The number of hydrogen-bond acceptors (Lipinski definition) is 8. The predicted molar refractivity (Wildman–Crippen MR) is 97.4 cm³/mol. The predicted octanol–water partition coefficient (Wildman–Crippen LogP) is 2.54. The summed E-state index contributed by atoms with van der Waals surface area (Å²) in [4.78, 5) is 23.9. The van der Waals surface area contributed by atoms with Crippen molar-refractivity contribution in [3.05, 3.63) is 0 Å². The fourth-order valence-electron chi connectivity index (χ4n) is 1.78. The van der Waals surface area contributed by atoms with Crippen LogP contribution in [0.2, 0.25) is 0 Å². The van der Waals surface area contributed by atoms with Gasteiger partial charge in [0.1, 0.15) is 6.04 Å². The lowest BCUT2D eigenvalue weighted by molar-refractivity contribution is -0.146. The van der Waals surface area contributed by atoms with Gasteiger partial charge in [0, 0.05) is 5.54 Å². The van der Waals surface area contributed by atoms with E-state index in [1.165, 1.54) is 30.2 Å². The van der Waals surface area contributed by atoms with Crippen LogP contribution in [0.25, 0.3) is 0 Å². The van der Waals surface area contributed by atoms with Crippen LogP contribution in [0.4, 0.5) is 5.13 Å². The van der Waals surface area contributed by atoms with E-state index in [2.05, 4.69) is 20.8 Å². The third kappa shape index (κ3) is 7.04. The molecule has 9 heteroatoms. The summed E-state index contributed by atoms with van der Waals surface area (Å²) in [6.45, 7) is 9.99. The number of aromatic nitrogens is 2. The Morgan fingerprint density at radius 2 is 2.00 bits per heavy atom. The molecule has 1 aromatic rings. The molecule has 0 aromatic carbocycles. The number of esters is 1. The van der Waals surface area contributed by atoms with Crippen LogP contribution >= 0.6 is 23.1 Å². The second-order valence-corrected chi connectivity index (χ2v) is 8.69. The topological polar surface area (TPSA) is 93.2 Å². The highest BCUT2D eigenvalue weighted by Gasteiger charge is 2.26. The molecule has 0 spiro atoms. The Morgan fingerprint density at radius 3 is 2.54 bits per heavy atom. The lowest BCUT2D eigenvalue weighted by Gasteiger charge is -2.21. The van der Waals surface area contributed by atoms with Gasteiger partial charge in [-0.05, 0) is 26.7 Å². The van der Waals surface area contributed by atoms with E-state index in [1.807, 2.05) is 34.6 Å². The van der Waals surface area contributed by atoms with Crippen molar-refractivity contribution >= 4 is 40.1 Å². The molecular weight excluding hydrogens is 348 g/mol. The molecule has 0 fully saturated rings. The molecule has 1 aromatic heterocycles. The monoisotopic (exact) mass is 374 g/mol. The summed E-state index contributed by atoms with van der Waals surface area (Å²) in [7, 11) is 1.32. The van der Waals surface area contributed by atoms with E-state index in [-0.39, 0.29) is 23.1 Å². The van der Waals surface area contributed by atoms with Gasteiger partial charge in [-0.2, -0.15) is 0 Å². The summed E-state index contributed by atoms with van der Waals surface area (Å²) in [5.41, 5.74) is -0.0944. The SMILES string of the molecule is CCC(C)C(NC(=O)CSc1nnc(NC(C)(C)C)s1)C(=O)OC. The van der Waals surface area contributed by atoms with Crippen LogP contribution in [0, 0.1) is 5.92 Å². The van der Waals surface area contributed by atoms with Crippen molar-refractivity contribution in [2.75, 3.05) is 18.2 Å². The summed E-state index contributed by atoms with van der Waals surface area (Å²) in [6.07, 6.45) is 0.769. The van der Waals surface area contributed by atoms with Crippen LogP contribution in [-0.4, -0.2) is 46.5 Å². The van der Waals surface area contributed by atoms with Crippen LogP contribution in [0.5, 0.6) is 0 Å². The molecule has 7 nitrogen and oxygen atoms in total. The number of rotatable bonds is 8. The zero-order chi connectivity index (χ0) is 18.3. The van der Waals surface area contributed by atoms with Gasteiger partial charge in [0.05, 0.1) is 12.9 Å². The molecule has 0 aliphatic heterocycles. The quantitative estimate of drug-likeness (QED) is 0.533. The molecule has 0 saturated carbocycles. The standard InChI is InChI=1S/C15H26N4O3S2/c1-7-9(2)11(12(21)22-6)16-10(20)8-23-14-19-18-13(24-14)17-15(3,4)5/h9,11H,7-8H2,1-6H3,(H,16,20)(H,17,18). The van der Waals surface area contributed by atoms with Gasteiger partial charge in [-0.25, -0.2) is 4.79 Å². The average Bonchev–Trinajstić information content (AvgIpc) is 2.94. The van der Waals surface area contributed by atoms with E-state index < -0.39 is 12.0 Å². The lowest BCUT2D eigenvalue weighted by atomic mass is 9.99. The molecule has 2 unspecified atom stereocenters. The molecule has 0 bridgehead atoms. The van der Waals surface area contributed by atoms with Gasteiger partial charge in [0.2, 0.25) is 11.0 Å². The smallest absolute Gasteiger partial charge is 0.328 e. The third-order valence-corrected chi connectivity index (χ3v) is 5.17. The largest absolute Gasteiger partial charge is 0.467 e.